The Balaban J connectivity index is 0.000000204. The summed E-state index contributed by atoms with van der Waals surface area (Å²) in [5, 5.41) is 9.35. The molecule has 5 nitrogen and oxygen atoms in total. The van der Waals surface area contributed by atoms with Crippen molar-refractivity contribution in [2.24, 2.45) is 0 Å². The Kier molecular flexibility index (Phi) is 5.25. The molecule has 0 bridgehead atoms. The second-order valence-electron chi connectivity index (χ2n) is 4.62. The number of aromatic amines is 2. The second-order valence-corrected chi connectivity index (χ2v) is 4.62. The number of aromatic hydroxyl groups is 1. The van der Waals surface area contributed by atoms with Gasteiger partial charge < -0.3 is 10.1 Å². The van der Waals surface area contributed by atoms with Crippen LogP contribution in [0, 0.1) is 12.7 Å². The van der Waals surface area contributed by atoms with E-state index in [1.807, 2.05) is 24.0 Å². The summed E-state index contributed by atoms with van der Waals surface area (Å²) in [6.07, 6.45) is 0.709. The van der Waals surface area contributed by atoms with Crippen LogP contribution in [0.4, 0.5) is 4.39 Å². The molecule has 1 heterocycles. The molecule has 1 aromatic heterocycles. The Morgan fingerprint density at radius 1 is 1.25 bits per heavy atom. The number of aromatic nitrogens is 2. The number of halogens is 1. The van der Waals surface area contributed by atoms with Gasteiger partial charge in [0.15, 0.2) is 0 Å². The molecule has 0 aliphatic heterocycles. The number of hydrogen-bond donors (Lipinski definition) is 3. The summed E-state index contributed by atoms with van der Waals surface area (Å²) in [5.41, 5.74) is 0.419. The minimum Gasteiger partial charge on any atom is -0.508 e. The molecular weight excluding hydrogens is 263 g/mol. The van der Waals surface area contributed by atoms with E-state index in [1.54, 1.807) is 4.98 Å². The molecule has 108 valence electrons. The highest BCUT2D eigenvalue weighted by Crippen LogP contribution is 2.22. The highest BCUT2D eigenvalue weighted by Gasteiger charge is 2.01. The molecule has 0 radical (unpaired) electrons. The van der Waals surface area contributed by atoms with Crippen LogP contribution in [0.2, 0.25) is 0 Å². The third-order valence-corrected chi connectivity index (χ3v) is 2.67. The molecule has 0 amide bonds. The van der Waals surface area contributed by atoms with E-state index in [0.29, 0.717) is 17.9 Å². The molecule has 0 spiro atoms. The van der Waals surface area contributed by atoms with E-state index in [0.717, 1.165) is 5.56 Å². The highest BCUT2D eigenvalue weighted by atomic mass is 19.1. The molecule has 0 aliphatic carbocycles. The van der Waals surface area contributed by atoms with Crippen LogP contribution in [0.5, 0.6) is 5.75 Å². The van der Waals surface area contributed by atoms with Crippen molar-refractivity contribution in [2.75, 3.05) is 0 Å². The lowest BCUT2D eigenvalue weighted by molar-refractivity contribution is 0.470. The van der Waals surface area contributed by atoms with Crippen molar-refractivity contribution in [1.82, 2.24) is 9.97 Å². The third kappa shape index (κ3) is 4.38. The topological polar surface area (TPSA) is 85.9 Å². The van der Waals surface area contributed by atoms with Crippen molar-refractivity contribution < 1.29 is 9.50 Å². The zero-order chi connectivity index (χ0) is 15.3. The van der Waals surface area contributed by atoms with Crippen molar-refractivity contribution in [2.45, 2.75) is 26.7 Å². The fraction of sp³-hybridized carbons (Fsp3) is 0.286. The molecule has 0 atom stereocenters. The van der Waals surface area contributed by atoms with Gasteiger partial charge in [0.25, 0.3) is 5.56 Å². The van der Waals surface area contributed by atoms with Crippen LogP contribution in [0.25, 0.3) is 0 Å². The van der Waals surface area contributed by atoms with E-state index in [9.17, 15) is 19.1 Å². The molecule has 0 aliphatic rings. The zero-order valence-electron chi connectivity index (χ0n) is 11.5. The summed E-state index contributed by atoms with van der Waals surface area (Å²) in [6.45, 7) is 6.13. The highest BCUT2D eigenvalue weighted by molar-refractivity contribution is 5.36. The van der Waals surface area contributed by atoms with E-state index in [4.69, 9.17) is 0 Å². The zero-order valence-corrected chi connectivity index (χ0v) is 11.5. The van der Waals surface area contributed by atoms with Gasteiger partial charge in [0.1, 0.15) is 5.75 Å². The average Bonchev–Trinajstić information content (AvgIpc) is 2.38. The number of H-pyrrole nitrogens is 2. The number of phenolic OH excluding ortho intramolecular Hbond substituents is 1. The van der Waals surface area contributed by atoms with Gasteiger partial charge in [-0.25, -0.2) is 4.79 Å². The molecule has 0 unspecified atom stereocenters. The number of hydrogen-bond acceptors (Lipinski definition) is 3. The number of nitrogens with one attached hydrogen (secondary N) is 2. The lowest BCUT2D eigenvalue weighted by atomic mass is 10.0. The maximum Gasteiger partial charge on any atom is 0.325 e. The van der Waals surface area contributed by atoms with Gasteiger partial charge in [-0.1, -0.05) is 26.0 Å². The van der Waals surface area contributed by atoms with Crippen LogP contribution in [0.1, 0.15) is 30.9 Å². The van der Waals surface area contributed by atoms with Crippen molar-refractivity contribution in [3.05, 3.63) is 62.2 Å². The molecular formula is C14H17FN2O3. The molecule has 2 aromatic rings. The maximum absolute atomic E-state index is 12.0. The summed E-state index contributed by atoms with van der Waals surface area (Å²) in [7, 11) is 0. The van der Waals surface area contributed by atoms with Gasteiger partial charge in [-0.05, 0) is 30.0 Å². The molecule has 0 saturated heterocycles. The SMILES string of the molecule is Cc1ccc(C(C)C)cc1O.O=c1[nH]cc(F)c(=O)[nH]1. The number of benzene rings is 1. The summed E-state index contributed by atoms with van der Waals surface area (Å²) >= 11 is 0. The van der Waals surface area contributed by atoms with Gasteiger partial charge in [-0.15, -0.1) is 0 Å². The van der Waals surface area contributed by atoms with Crippen LogP contribution in [-0.4, -0.2) is 15.1 Å². The Morgan fingerprint density at radius 2 is 1.90 bits per heavy atom. The predicted molar refractivity (Wildman–Crippen MR) is 74.6 cm³/mol. The molecule has 3 N–H and O–H groups in total. The lowest BCUT2D eigenvalue weighted by Gasteiger charge is -2.06. The summed E-state index contributed by atoms with van der Waals surface area (Å²) in [6, 6.07) is 5.84. The second kappa shape index (κ2) is 6.70. The van der Waals surface area contributed by atoms with E-state index in [1.165, 1.54) is 5.56 Å². The van der Waals surface area contributed by atoms with E-state index >= 15 is 0 Å². The first kappa shape index (κ1) is 15.7. The fourth-order valence-corrected chi connectivity index (χ4v) is 1.38. The monoisotopic (exact) mass is 280 g/mol. The Bertz CT molecular complexity index is 689. The standard InChI is InChI=1S/C10H14O.C4H3FN2O2/c1-7(2)9-5-4-8(3)10(11)6-9;5-2-1-6-4(9)7-3(2)8/h4-7,11H,1-3H3;1H,(H2,6,7,8,9). The molecule has 6 heteroatoms. The summed E-state index contributed by atoms with van der Waals surface area (Å²) in [4.78, 5) is 24.0. The minimum atomic E-state index is -1.00. The van der Waals surface area contributed by atoms with Crippen LogP contribution in [0.3, 0.4) is 0 Å². The molecule has 0 saturated carbocycles. The number of phenols is 1. The van der Waals surface area contributed by atoms with Gasteiger partial charge in [0, 0.05) is 6.20 Å². The molecule has 1 aromatic carbocycles. The first-order valence-electron chi connectivity index (χ1n) is 6.08. The van der Waals surface area contributed by atoms with Crippen LogP contribution in [-0.2, 0) is 0 Å². The lowest BCUT2D eigenvalue weighted by Crippen LogP contribution is -2.23. The van der Waals surface area contributed by atoms with E-state index in [2.05, 4.69) is 19.9 Å². The van der Waals surface area contributed by atoms with Crippen molar-refractivity contribution in [1.29, 1.82) is 0 Å². The third-order valence-electron chi connectivity index (χ3n) is 2.67. The first-order valence-corrected chi connectivity index (χ1v) is 6.08. The predicted octanol–water partition coefficient (Wildman–Crippen LogP) is 2.03. The summed E-state index contributed by atoms with van der Waals surface area (Å²) < 4.78 is 12.0. The minimum absolute atomic E-state index is 0.399. The first-order chi connectivity index (χ1) is 9.31. The van der Waals surface area contributed by atoms with Gasteiger partial charge >= 0.3 is 5.69 Å². The Hall–Kier alpha value is -2.37. The van der Waals surface area contributed by atoms with Gasteiger partial charge in [0.2, 0.25) is 5.82 Å². The molecule has 2 rings (SSSR count). The van der Waals surface area contributed by atoms with Gasteiger partial charge in [-0.2, -0.15) is 4.39 Å². The fourth-order valence-electron chi connectivity index (χ4n) is 1.38. The van der Waals surface area contributed by atoms with Crippen molar-refractivity contribution in [3.8, 4) is 5.75 Å². The van der Waals surface area contributed by atoms with Crippen LogP contribution >= 0.6 is 0 Å². The largest absolute Gasteiger partial charge is 0.508 e. The van der Waals surface area contributed by atoms with E-state index < -0.39 is 17.1 Å². The van der Waals surface area contributed by atoms with Gasteiger partial charge in [0.05, 0.1) is 0 Å². The van der Waals surface area contributed by atoms with Crippen LogP contribution in [0.15, 0.2) is 34.0 Å². The van der Waals surface area contributed by atoms with Gasteiger partial charge in [-0.3, -0.25) is 9.78 Å². The quantitative estimate of drug-likeness (QED) is 0.747. The number of rotatable bonds is 1. The normalized spacial score (nSPS) is 10.1. The molecule has 0 fully saturated rings. The smallest absolute Gasteiger partial charge is 0.325 e. The van der Waals surface area contributed by atoms with E-state index in [-0.39, 0.29) is 0 Å². The van der Waals surface area contributed by atoms with Crippen molar-refractivity contribution >= 4 is 0 Å². The number of aryl methyl sites for hydroxylation is 1. The maximum atomic E-state index is 12.0. The average molecular weight is 280 g/mol. The Morgan fingerprint density at radius 3 is 2.35 bits per heavy atom. The van der Waals surface area contributed by atoms with Crippen molar-refractivity contribution in [3.63, 3.8) is 0 Å². The van der Waals surface area contributed by atoms with Crippen LogP contribution < -0.4 is 11.2 Å². The summed E-state index contributed by atoms with van der Waals surface area (Å²) in [5.74, 6) is -0.104. The molecule has 20 heavy (non-hydrogen) atoms. The Labute approximate surface area is 115 Å².